The van der Waals surface area contributed by atoms with E-state index in [0.29, 0.717) is 23.5 Å². The molecule has 0 aromatic heterocycles. The Morgan fingerprint density at radius 3 is 2.31 bits per heavy atom. The van der Waals surface area contributed by atoms with Gasteiger partial charge in [0.25, 0.3) is 0 Å². The van der Waals surface area contributed by atoms with Gasteiger partial charge in [0, 0.05) is 17.2 Å². The summed E-state index contributed by atoms with van der Waals surface area (Å²) in [6.45, 7) is 1.21. The molecule has 3 aromatic rings. The molecule has 3 aromatic carbocycles. The van der Waals surface area contributed by atoms with Crippen LogP contribution in [0.15, 0.2) is 53.9 Å². The van der Waals surface area contributed by atoms with E-state index in [-0.39, 0.29) is 23.0 Å². The number of nitrogens with two attached hydrogens (primary N) is 1. The highest BCUT2D eigenvalue weighted by Gasteiger charge is 2.33. The van der Waals surface area contributed by atoms with Crippen LogP contribution in [0.25, 0.3) is 0 Å². The second kappa shape index (κ2) is 11.3. The monoisotopic (exact) mass is 546 g/mol. The Bertz CT molecular complexity index is 1490. The van der Waals surface area contributed by atoms with Gasteiger partial charge < -0.3 is 24.7 Å². The molecule has 12 heteroatoms. The first kappa shape index (κ1) is 27.3. The number of fused-ring (bicyclic) bond motifs is 1. The molecule has 7 nitrogen and oxygen atoms in total. The van der Waals surface area contributed by atoms with Gasteiger partial charge in [-0.3, -0.25) is 0 Å². The highest BCUT2D eigenvalue weighted by molar-refractivity contribution is 5.74. The number of carbonyl (C=O) groups is 1. The van der Waals surface area contributed by atoms with Gasteiger partial charge in [0.15, 0.2) is 12.4 Å². The Balaban J connectivity index is 1.58. The average Bonchev–Trinajstić information content (AvgIpc) is 2.93. The molecule has 1 unspecified atom stereocenters. The number of hydrogen-bond acceptors (Lipinski definition) is 7. The standard InChI is InChI=1S/C27H19F5N2O5/c1-2-9-36-17-6-4-3-5-14(17)20-15-8-7-13(10-18(15)39-27(34)16(20)11-33)38-19(35)12-37-26-24(31)22(29)21(28)23(30)25(26)32/h3-8,10,20H,2,9,12,34H2,1H3. The van der Waals surface area contributed by atoms with Crippen LogP contribution < -0.4 is 24.7 Å². The maximum Gasteiger partial charge on any atom is 0.349 e. The van der Waals surface area contributed by atoms with Crippen molar-refractivity contribution in [1.82, 2.24) is 0 Å². The molecule has 0 saturated carbocycles. The van der Waals surface area contributed by atoms with Crippen LogP contribution >= 0.6 is 0 Å². The number of halogens is 5. The molecule has 4 rings (SSSR count). The lowest BCUT2D eigenvalue weighted by Crippen LogP contribution is -2.22. The third-order valence-corrected chi connectivity index (χ3v) is 5.62. The number of rotatable bonds is 8. The van der Waals surface area contributed by atoms with Gasteiger partial charge in [0.05, 0.1) is 12.5 Å². The number of ether oxygens (including phenoxy) is 4. The summed E-state index contributed by atoms with van der Waals surface area (Å²) < 4.78 is 88.4. The number of benzene rings is 3. The lowest BCUT2D eigenvalue weighted by Gasteiger charge is -2.28. The van der Waals surface area contributed by atoms with Crippen LogP contribution in [0.2, 0.25) is 0 Å². The molecule has 1 aliphatic rings. The van der Waals surface area contributed by atoms with Crippen molar-refractivity contribution >= 4 is 5.97 Å². The normalized spacial score (nSPS) is 14.2. The first-order valence-corrected chi connectivity index (χ1v) is 11.5. The Morgan fingerprint density at radius 1 is 0.974 bits per heavy atom. The van der Waals surface area contributed by atoms with Gasteiger partial charge in [-0.2, -0.15) is 14.0 Å². The summed E-state index contributed by atoms with van der Waals surface area (Å²) in [6, 6.07) is 13.3. The second-order valence-electron chi connectivity index (χ2n) is 8.17. The summed E-state index contributed by atoms with van der Waals surface area (Å²) in [5, 5.41) is 9.79. The summed E-state index contributed by atoms with van der Waals surface area (Å²) in [6.07, 6.45) is 0.755. The zero-order valence-electron chi connectivity index (χ0n) is 20.2. The number of para-hydroxylation sites is 1. The minimum absolute atomic E-state index is 0.109. The van der Waals surface area contributed by atoms with Gasteiger partial charge in [-0.1, -0.05) is 31.2 Å². The number of allylic oxidation sites excluding steroid dienone is 1. The number of nitrogens with zero attached hydrogens (tertiary/aromatic N) is 1. The van der Waals surface area contributed by atoms with Crippen molar-refractivity contribution < 1.29 is 45.7 Å². The molecule has 1 heterocycles. The fraction of sp³-hybridized carbons (Fsp3) is 0.185. The lowest BCUT2D eigenvalue weighted by atomic mass is 9.83. The van der Waals surface area contributed by atoms with Gasteiger partial charge in [-0.25, -0.2) is 18.0 Å². The molecule has 0 amide bonds. The molecule has 0 fully saturated rings. The van der Waals surface area contributed by atoms with Gasteiger partial charge >= 0.3 is 5.97 Å². The first-order chi connectivity index (χ1) is 18.7. The average molecular weight is 546 g/mol. The van der Waals surface area contributed by atoms with E-state index >= 15 is 0 Å². The van der Waals surface area contributed by atoms with Crippen LogP contribution in [0.4, 0.5) is 22.0 Å². The predicted molar refractivity (Wildman–Crippen MR) is 125 cm³/mol. The summed E-state index contributed by atoms with van der Waals surface area (Å²) >= 11 is 0. The largest absolute Gasteiger partial charge is 0.493 e. The van der Waals surface area contributed by atoms with Crippen LogP contribution in [-0.4, -0.2) is 19.2 Å². The minimum Gasteiger partial charge on any atom is -0.493 e. The molecule has 202 valence electrons. The maximum absolute atomic E-state index is 13.8. The van der Waals surface area contributed by atoms with Gasteiger partial charge in [-0.05, 0) is 18.6 Å². The number of hydrogen-bond donors (Lipinski definition) is 1. The molecule has 1 aliphatic heterocycles. The van der Waals surface area contributed by atoms with Crippen LogP contribution in [0.5, 0.6) is 23.0 Å². The zero-order valence-corrected chi connectivity index (χ0v) is 20.2. The van der Waals surface area contributed by atoms with Crippen molar-refractivity contribution in [2.24, 2.45) is 5.73 Å². The highest BCUT2D eigenvalue weighted by atomic mass is 19.2. The topological polar surface area (TPSA) is 104 Å². The summed E-state index contributed by atoms with van der Waals surface area (Å²) in [4.78, 5) is 12.2. The van der Waals surface area contributed by atoms with Crippen molar-refractivity contribution in [2.75, 3.05) is 13.2 Å². The predicted octanol–water partition coefficient (Wildman–Crippen LogP) is 5.37. The lowest BCUT2D eigenvalue weighted by molar-refractivity contribution is -0.136. The van der Waals surface area contributed by atoms with E-state index in [9.17, 15) is 32.0 Å². The fourth-order valence-corrected chi connectivity index (χ4v) is 3.88. The van der Waals surface area contributed by atoms with Gasteiger partial charge in [0.2, 0.25) is 35.0 Å². The number of nitriles is 1. The fourth-order valence-electron chi connectivity index (χ4n) is 3.88. The van der Waals surface area contributed by atoms with E-state index in [1.54, 1.807) is 24.3 Å². The van der Waals surface area contributed by atoms with Gasteiger partial charge in [0.1, 0.15) is 28.9 Å². The molecular weight excluding hydrogens is 527 g/mol. The van der Waals surface area contributed by atoms with Crippen LogP contribution in [0, 0.1) is 40.4 Å². The third-order valence-electron chi connectivity index (χ3n) is 5.62. The van der Waals surface area contributed by atoms with Gasteiger partial charge in [-0.15, -0.1) is 0 Å². The second-order valence-corrected chi connectivity index (χ2v) is 8.17. The zero-order chi connectivity index (χ0) is 28.3. The SMILES string of the molecule is CCCOc1ccccc1C1C(C#N)=C(N)Oc2cc(OC(=O)COc3c(F)c(F)c(F)c(F)c3F)ccc21. The molecule has 39 heavy (non-hydrogen) atoms. The Labute approximate surface area is 218 Å². The molecule has 0 saturated heterocycles. The third kappa shape index (κ3) is 5.29. The molecular formula is C27H19F5N2O5. The minimum atomic E-state index is -2.36. The molecule has 0 bridgehead atoms. The van der Waals surface area contributed by atoms with E-state index < -0.39 is 53.3 Å². The summed E-state index contributed by atoms with van der Waals surface area (Å²) in [7, 11) is 0. The molecule has 2 N–H and O–H groups in total. The van der Waals surface area contributed by atoms with Crippen molar-refractivity contribution in [2.45, 2.75) is 19.3 Å². The molecule has 0 aliphatic carbocycles. The number of esters is 1. The summed E-state index contributed by atoms with van der Waals surface area (Å²) in [5.41, 5.74) is 7.31. The first-order valence-electron chi connectivity index (χ1n) is 11.5. The van der Waals surface area contributed by atoms with Crippen molar-refractivity contribution in [1.29, 1.82) is 5.26 Å². The molecule has 0 spiro atoms. The van der Waals surface area contributed by atoms with Crippen molar-refractivity contribution in [3.05, 3.63) is 94.1 Å². The van der Waals surface area contributed by atoms with Crippen molar-refractivity contribution in [3.63, 3.8) is 0 Å². The van der Waals surface area contributed by atoms with E-state index in [1.165, 1.54) is 18.2 Å². The summed E-state index contributed by atoms with van der Waals surface area (Å²) in [5.74, 6) is -14.4. The Kier molecular flexibility index (Phi) is 7.90. The van der Waals surface area contributed by atoms with E-state index in [2.05, 4.69) is 10.8 Å². The number of carbonyl (C=O) groups excluding carboxylic acids is 1. The Morgan fingerprint density at radius 2 is 1.64 bits per heavy atom. The Hall–Kier alpha value is -4.79. The van der Waals surface area contributed by atoms with Crippen LogP contribution in [-0.2, 0) is 4.79 Å². The molecule has 1 atom stereocenters. The van der Waals surface area contributed by atoms with Crippen LogP contribution in [0.1, 0.15) is 30.4 Å². The van der Waals surface area contributed by atoms with E-state index in [4.69, 9.17) is 19.9 Å². The quantitative estimate of drug-likeness (QED) is 0.133. The highest BCUT2D eigenvalue weighted by Crippen LogP contribution is 2.46. The van der Waals surface area contributed by atoms with E-state index in [0.717, 1.165) is 6.42 Å². The van der Waals surface area contributed by atoms with E-state index in [1.807, 2.05) is 6.92 Å². The van der Waals surface area contributed by atoms with Crippen molar-refractivity contribution in [3.8, 4) is 29.1 Å². The maximum atomic E-state index is 13.8. The molecule has 0 radical (unpaired) electrons. The van der Waals surface area contributed by atoms with Crippen LogP contribution in [0.3, 0.4) is 0 Å². The smallest absolute Gasteiger partial charge is 0.349 e.